The second kappa shape index (κ2) is 4.98. The Bertz CT molecular complexity index is 322. The second-order valence-electron chi connectivity index (χ2n) is 5.10. The van der Waals surface area contributed by atoms with Crippen molar-refractivity contribution < 1.29 is 5.11 Å². The Morgan fingerprint density at radius 3 is 2.44 bits per heavy atom. The van der Waals surface area contributed by atoms with Gasteiger partial charge in [-0.1, -0.05) is 36.2 Å². The molecule has 2 rings (SSSR count). The molecule has 2 nitrogen and oxygen atoms in total. The van der Waals surface area contributed by atoms with Crippen molar-refractivity contribution in [2.75, 3.05) is 13.2 Å². The van der Waals surface area contributed by atoms with Crippen LogP contribution in [-0.2, 0) is 6.54 Å². The van der Waals surface area contributed by atoms with Crippen molar-refractivity contribution in [3.63, 3.8) is 0 Å². The molecule has 1 aliphatic carbocycles. The molecule has 0 aromatic heterocycles. The van der Waals surface area contributed by atoms with Crippen LogP contribution in [0.5, 0.6) is 0 Å². The predicted octanol–water partition coefficient (Wildman–Crippen LogP) is 2.25. The first kappa shape index (κ1) is 11.6. The third kappa shape index (κ3) is 2.63. The minimum atomic E-state index is 0.185. The highest BCUT2D eigenvalue weighted by molar-refractivity contribution is 5.21. The molecule has 0 unspecified atom stereocenters. The fourth-order valence-electron chi connectivity index (χ4n) is 2.25. The lowest BCUT2D eigenvalue weighted by molar-refractivity contribution is 0.0445. The maximum absolute atomic E-state index is 9.33. The standard InChI is InChI=1S/C14H21NO/c1-12-3-5-13(6-4-12)9-15-10-14(11-16)7-2-8-14/h3-6,15-16H,2,7-11H2,1H3. The summed E-state index contributed by atoms with van der Waals surface area (Å²) in [7, 11) is 0. The molecule has 88 valence electrons. The largest absolute Gasteiger partial charge is 0.396 e. The molecular weight excluding hydrogens is 198 g/mol. The van der Waals surface area contributed by atoms with Gasteiger partial charge in [-0.25, -0.2) is 0 Å². The Morgan fingerprint density at radius 2 is 1.94 bits per heavy atom. The van der Waals surface area contributed by atoms with Crippen LogP contribution in [0.25, 0.3) is 0 Å². The predicted molar refractivity (Wildman–Crippen MR) is 66.3 cm³/mol. The van der Waals surface area contributed by atoms with E-state index < -0.39 is 0 Å². The first-order chi connectivity index (χ1) is 7.74. The number of aryl methyl sites for hydroxylation is 1. The monoisotopic (exact) mass is 219 g/mol. The Kier molecular flexibility index (Phi) is 3.62. The van der Waals surface area contributed by atoms with Crippen molar-refractivity contribution in [3.05, 3.63) is 35.4 Å². The van der Waals surface area contributed by atoms with Gasteiger partial charge in [-0.05, 0) is 25.3 Å². The number of rotatable bonds is 5. The van der Waals surface area contributed by atoms with Crippen LogP contribution in [0, 0.1) is 12.3 Å². The third-order valence-electron chi connectivity index (χ3n) is 3.70. The Balaban J connectivity index is 1.77. The van der Waals surface area contributed by atoms with Crippen LogP contribution in [0.1, 0.15) is 30.4 Å². The number of hydrogen-bond donors (Lipinski definition) is 2. The zero-order valence-electron chi connectivity index (χ0n) is 10.00. The number of benzene rings is 1. The molecule has 2 N–H and O–H groups in total. The summed E-state index contributed by atoms with van der Waals surface area (Å²) in [6.07, 6.45) is 3.61. The van der Waals surface area contributed by atoms with Crippen LogP contribution in [0.4, 0.5) is 0 Å². The van der Waals surface area contributed by atoms with Crippen molar-refractivity contribution in [1.29, 1.82) is 0 Å². The second-order valence-corrected chi connectivity index (χ2v) is 5.10. The zero-order chi connectivity index (χ0) is 11.4. The molecule has 0 saturated heterocycles. The van der Waals surface area contributed by atoms with E-state index in [4.69, 9.17) is 0 Å². The van der Waals surface area contributed by atoms with Gasteiger partial charge in [0, 0.05) is 25.1 Å². The fraction of sp³-hybridized carbons (Fsp3) is 0.571. The van der Waals surface area contributed by atoms with Crippen molar-refractivity contribution in [3.8, 4) is 0 Å². The van der Waals surface area contributed by atoms with E-state index >= 15 is 0 Å². The van der Waals surface area contributed by atoms with Crippen molar-refractivity contribution >= 4 is 0 Å². The number of nitrogens with one attached hydrogen (secondary N) is 1. The molecule has 16 heavy (non-hydrogen) atoms. The average molecular weight is 219 g/mol. The Hall–Kier alpha value is -0.860. The molecule has 0 radical (unpaired) electrons. The van der Waals surface area contributed by atoms with E-state index in [1.54, 1.807) is 0 Å². The zero-order valence-corrected chi connectivity index (χ0v) is 10.00. The van der Waals surface area contributed by atoms with Gasteiger partial charge < -0.3 is 10.4 Å². The summed E-state index contributed by atoms with van der Waals surface area (Å²) in [5, 5.41) is 12.8. The van der Waals surface area contributed by atoms with Gasteiger partial charge in [-0.3, -0.25) is 0 Å². The highest BCUT2D eigenvalue weighted by Gasteiger charge is 2.35. The quantitative estimate of drug-likeness (QED) is 0.796. The molecule has 0 aliphatic heterocycles. The van der Waals surface area contributed by atoms with E-state index in [0.29, 0.717) is 6.61 Å². The van der Waals surface area contributed by atoms with E-state index in [2.05, 4.69) is 36.5 Å². The minimum Gasteiger partial charge on any atom is -0.396 e. The third-order valence-corrected chi connectivity index (χ3v) is 3.70. The molecule has 1 aromatic carbocycles. The first-order valence-corrected chi connectivity index (χ1v) is 6.11. The van der Waals surface area contributed by atoms with E-state index in [1.807, 2.05) is 0 Å². The van der Waals surface area contributed by atoms with Crippen LogP contribution >= 0.6 is 0 Å². The summed E-state index contributed by atoms with van der Waals surface area (Å²) >= 11 is 0. The number of aliphatic hydroxyl groups is 1. The van der Waals surface area contributed by atoms with E-state index in [1.165, 1.54) is 30.4 Å². The van der Waals surface area contributed by atoms with Gasteiger partial charge in [0.25, 0.3) is 0 Å². The van der Waals surface area contributed by atoms with E-state index in [-0.39, 0.29) is 5.41 Å². The van der Waals surface area contributed by atoms with Gasteiger partial charge in [0.05, 0.1) is 0 Å². The van der Waals surface area contributed by atoms with Crippen LogP contribution in [0.2, 0.25) is 0 Å². The van der Waals surface area contributed by atoms with Gasteiger partial charge >= 0.3 is 0 Å². The van der Waals surface area contributed by atoms with Crippen LogP contribution < -0.4 is 5.32 Å². The molecule has 2 heteroatoms. The SMILES string of the molecule is Cc1ccc(CNCC2(CO)CCC2)cc1. The molecule has 0 bridgehead atoms. The van der Waals surface area contributed by atoms with Crippen LogP contribution in [0.3, 0.4) is 0 Å². The molecular formula is C14H21NO. The summed E-state index contributed by atoms with van der Waals surface area (Å²) in [6, 6.07) is 8.60. The molecule has 0 spiro atoms. The highest BCUT2D eigenvalue weighted by Crippen LogP contribution is 2.39. The lowest BCUT2D eigenvalue weighted by Gasteiger charge is -2.40. The molecule has 0 atom stereocenters. The first-order valence-electron chi connectivity index (χ1n) is 6.11. The number of aliphatic hydroxyl groups excluding tert-OH is 1. The molecule has 1 fully saturated rings. The number of hydrogen-bond acceptors (Lipinski definition) is 2. The van der Waals surface area contributed by atoms with Gasteiger partial charge in [0.1, 0.15) is 0 Å². The maximum atomic E-state index is 9.33. The van der Waals surface area contributed by atoms with E-state index in [0.717, 1.165) is 13.1 Å². The van der Waals surface area contributed by atoms with Gasteiger partial charge in [0.15, 0.2) is 0 Å². The van der Waals surface area contributed by atoms with Crippen molar-refractivity contribution in [2.24, 2.45) is 5.41 Å². The topological polar surface area (TPSA) is 32.3 Å². The van der Waals surface area contributed by atoms with Crippen LogP contribution in [-0.4, -0.2) is 18.3 Å². The maximum Gasteiger partial charge on any atom is 0.0499 e. The van der Waals surface area contributed by atoms with Gasteiger partial charge in [-0.2, -0.15) is 0 Å². The average Bonchev–Trinajstić information content (AvgIpc) is 2.25. The molecule has 1 aromatic rings. The minimum absolute atomic E-state index is 0.185. The van der Waals surface area contributed by atoms with Gasteiger partial charge in [-0.15, -0.1) is 0 Å². The molecule has 0 heterocycles. The smallest absolute Gasteiger partial charge is 0.0499 e. The lowest BCUT2D eigenvalue weighted by atomic mass is 9.69. The van der Waals surface area contributed by atoms with Crippen molar-refractivity contribution in [2.45, 2.75) is 32.7 Å². The lowest BCUT2D eigenvalue weighted by Crippen LogP contribution is -2.42. The van der Waals surface area contributed by atoms with Crippen molar-refractivity contribution in [1.82, 2.24) is 5.32 Å². The summed E-state index contributed by atoms with van der Waals surface area (Å²) in [5.41, 5.74) is 2.80. The Morgan fingerprint density at radius 1 is 1.25 bits per heavy atom. The Labute approximate surface area is 97.7 Å². The summed E-state index contributed by atoms with van der Waals surface area (Å²) in [6.45, 7) is 4.28. The van der Waals surface area contributed by atoms with Crippen LogP contribution in [0.15, 0.2) is 24.3 Å². The van der Waals surface area contributed by atoms with Gasteiger partial charge in [0.2, 0.25) is 0 Å². The molecule has 0 amide bonds. The summed E-state index contributed by atoms with van der Waals surface area (Å²) < 4.78 is 0. The molecule has 1 saturated carbocycles. The fourth-order valence-corrected chi connectivity index (χ4v) is 2.25. The summed E-state index contributed by atoms with van der Waals surface area (Å²) in [5.74, 6) is 0. The molecule has 1 aliphatic rings. The van der Waals surface area contributed by atoms with E-state index in [9.17, 15) is 5.11 Å². The summed E-state index contributed by atoms with van der Waals surface area (Å²) in [4.78, 5) is 0. The highest BCUT2D eigenvalue weighted by atomic mass is 16.3. The normalized spacial score (nSPS) is 18.1.